The molecule has 0 spiro atoms. The van der Waals surface area contributed by atoms with Crippen molar-refractivity contribution >= 4 is 5.97 Å². The number of ether oxygens (including phenoxy) is 1. The molecule has 0 saturated carbocycles. The van der Waals surface area contributed by atoms with E-state index < -0.39 is 5.97 Å². The van der Waals surface area contributed by atoms with Gasteiger partial charge in [0.15, 0.2) is 0 Å². The van der Waals surface area contributed by atoms with Gasteiger partial charge in [0.2, 0.25) is 0 Å². The number of carbonyl (C=O) groups is 1. The minimum atomic E-state index is -0.629. The Bertz CT molecular complexity index is 237. The van der Waals surface area contributed by atoms with Crippen molar-refractivity contribution in [3.05, 3.63) is 0 Å². The van der Waals surface area contributed by atoms with Crippen molar-refractivity contribution in [3.8, 4) is 0 Å². The fourth-order valence-corrected chi connectivity index (χ4v) is 2.55. The molecule has 0 radical (unpaired) electrons. The molecule has 0 aliphatic carbocycles. The van der Waals surface area contributed by atoms with Crippen LogP contribution in [0, 0.1) is 5.92 Å². The fourth-order valence-electron chi connectivity index (χ4n) is 2.55. The highest BCUT2D eigenvalue weighted by Gasteiger charge is 2.21. The molecule has 4 heteroatoms. The van der Waals surface area contributed by atoms with E-state index in [1.165, 1.54) is 0 Å². The Kier molecular flexibility index (Phi) is 7.28. The molecule has 1 rings (SSSR count). The number of piperidine rings is 1. The van der Waals surface area contributed by atoms with Crippen LogP contribution in [-0.4, -0.2) is 48.8 Å². The lowest BCUT2D eigenvalue weighted by atomic mass is 9.97. The van der Waals surface area contributed by atoms with Gasteiger partial charge in [-0.3, -0.25) is 4.79 Å². The minimum absolute atomic E-state index is 0.162. The molecule has 0 aromatic rings. The number of rotatable bonds is 8. The van der Waals surface area contributed by atoms with Gasteiger partial charge in [-0.05, 0) is 32.2 Å². The number of carboxylic acids is 1. The molecular formula is C14H27NO3. The van der Waals surface area contributed by atoms with E-state index in [1.54, 1.807) is 7.11 Å². The molecule has 1 N–H and O–H groups in total. The predicted octanol–water partition coefficient (Wildman–Crippen LogP) is 2.38. The third-order valence-corrected chi connectivity index (χ3v) is 3.92. The van der Waals surface area contributed by atoms with Gasteiger partial charge in [0, 0.05) is 20.2 Å². The first kappa shape index (κ1) is 15.4. The molecule has 0 aromatic heterocycles. The van der Waals surface area contributed by atoms with Crippen molar-refractivity contribution in [2.24, 2.45) is 5.92 Å². The molecule has 1 aliphatic heterocycles. The van der Waals surface area contributed by atoms with Crippen molar-refractivity contribution < 1.29 is 14.6 Å². The highest BCUT2D eigenvalue weighted by Crippen LogP contribution is 2.17. The second kappa shape index (κ2) is 8.48. The number of unbranched alkanes of at least 4 members (excludes halogenated alkanes) is 1. The van der Waals surface area contributed by atoms with Gasteiger partial charge >= 0.3 is 5.97 Å². The lowest BCUT2D eigenvalue weighted by Gasteiger charge is -2.31. The summed E-state index contributed by atoms with van der Waals surface area (Å²) in [7, 11) is 1.77. The molecule has 18 heavy (non-hydrogen) atoms. The number of nitrogens with zero attached hydrogens (tertiary/aromatic N) is 1. The van der Waals surface area contributed by atoms with E-state index in [9.17, 15) is 9.90 Å². The molecule has 1 atom stereocenters. The zero-order valence-corrected chi connectivity index (χ0v) is 11.7. The van der Waals surface area contributed by atoms with Crippen LogP contribution in [0.4, 0.5) is 0 Å². The molecule has 106 valence electrons. The van der Waals surface area contributed by atoms with Crippen LogP contribution in [0.15, 0.2) is 0 Å². The minimum Gasteiger partial charge on any atom is -0.481 e. The maximum Gasteiger partial charge on any atom is 0.306 e. The van der Waals surface area contributed by atoms with E-state index in [2.05, 4.69) is 11.8 Å². The zero-order chi connectivity index (χ0) is 13.4. The highest BCUT2D eigenvalue weighted by atomic mass is 16.5. The van der Waals surface area contributed by atoms with Crippen LogP contribution in [0.5, 0.6) is 0 Å². The number of hydrogen-bond acceptors (Lipinski definition) is 3. The number of hydrogen-bond donors (Lipinski definition) is 1. The average Bonchev–Trinajstić information content (AvgIpc) is 2.39. The Labute approximate surface area is 110 Å². The Hall–Kier alpha value is -0.610. The SMILES string of the molecule is CCCCC(CCN1CCC(OC)CC1)C(=O)O. The van der Waals surface area contributed by atoms with Crippen LogP contribution in [0.1, 0.15) is 45.4 Å². The van der Waals surface area contributed by atoms with Gasteiger partial charge in [-0.1, -0.05) is 19.8 Å². The summed E-state index contributed by atoms with van der Waals surface area (Å²) in [6.07, 6.45) is 6.24. The summed E-state index contributed by atoms with van der Waals surface area (Å²) in [5.41, 5.74) is 0. The number of aliphatic carboxylic acids is 1. The van der Waals surface area contributed by atoms with Crippen LogP contribution in [0.25, 0.3) is 0 Å². The summed E-state index contributed by atoms with van der Waals surface area (Å²) in [6.45, 7) is 5.10. The molecule has 0 aromatic carbocycles. The maximum absolute atomic E-state index is 11.1. The first-order valence-electron chi connectivity index (χ1n) is 7.15. The maximum atomic E-state index is 11.1. The largest absolute Gasteiger partial charge is 0.481 e. The molecule has 1 saturated heterocycles. The smallest absolute Gasteiger partial charge is 0.306 e. The standard InChI is InChI=1S/C14H27NO3/c1-3-4-5-12(14(16)17)6-9-15-10-7-13(18-2)8-11-15/h12-13H,3-11H2,1-2H3,(H,16,17). The highest BCUT2D eigenvalue weighted by molar-refractivity contribution is 5.69. The predicted molar refractivity (Wildman–Crippen MR) is 71.7 cm³/mol. The van der Waals surface area contributed by atoms with Crippen LogP contribution >= 0.6 is 0 Å². The number of likely N-dealkylation sites (tertiary alicyclic amines) is 1. The zero-order valence-electron chi connectivity index (χ0n) is 11.7. The van der Waals surface area contributed by atoms with E-state index in [0.717, 1.165) is 58.2 Å². The van der Waals surface area contributed by atoms with Crippen molar-refractivity contribution in [3.63, 3.8) is 0 Å². The van der Waals surface area contributed by atoms with Gasteiger partial charge in [-0.25, -0.2) is 0 Å². The molecule has 4 nitrogen and oxygen atoms in total. The van der Waals surface area contributed by atoms with E-state index in [4.69, 9.17) is 4.74 Å². The second-order valence-corrected chi connectivity index (χ2v) is 5.24. The van der Waals surface area contributed by atoms with Gasteiger partial charge in [0.05, 0.1) is 12.0 Å². The van der Waals surface area contributed by atoms with Gasteiger partial charge in [0.25, 0.3) is 0 Å². The van der Waals surface area contributed by atoms with Crippen LogP contribution in [0.2, 0.25) is 0 Å². The fraction of sp³-hybridized carbons (Fsp3) is 0.929. The van der Waals surface area contributed by atoms with Crippen LogP contribution in [-0.2, 0) is 9.53 Å². The molecule has 0 amide bonds. The monoisotopic (exact) mass is 257 g/mol. The third-order valence-electron chi connectivity index (χ3n) is 3.92. The number of carboxylic acid groups (broad SMARTS) is 1. The van der Waals surface area contributed by atoms with Crippen molar-refractivity contribution in [1.29, 1.82) is 0 Å². The summed E-state index contributed by atoms with van der Waals surface area (Å²) in [5.74, 6) is -0.791. The van der Waals surface area contributed by atoms with Crippen LogP contribution < -0.4 is 0 Å². The Balaban J connectivity index is 2.23. The number of methoxy groups -OCH3 is 1. The lowest BCUT2D eigenvalue weighted by molar-refractivity contribution is -0.142. The summed E-state index contributed by atoms with van der Waals surface area (Å²) in [5, 5.41) is 9.17. The molecule has 1 fully saturated rings. The second-order valence-electron chi connectivity index (χ2n) is 5.24. The topological polar surface area (TPSA) is 49.8 Å². The van der Waals surface area contributed by atoms with E-state index in [-0.39, 0.29) is 5.92 Å². The van der Waals surface area contributed by atoms with Gasteiger partial charge in [-0.2, -0.15) is 0 Å². The molecular weight excluding hydrogens is 230 g/mol. The van der Waals surface area contributed by atoms with E-state index in [0.29, 0.717) is 6.10 Å². The lowest BCUT2D eigenvalue weighted by Crippen LogP contribution is -2.38. The molecule has 1 unspecified atom stereocenters. The molecule has 0 bridgehead atoms. The molecule has 1 heterocycles. The van der Waals surface area contributed by atoms with Crippen molar-refractivity contribution in [2.75, 3.05) is 26.7 Å². The summed E-state index contributed by atoms with van der Waals surface area (Å²) < 4.78 is 5.34. The summed E-state index contributed by atoms with van der Waals surface area (Å²) in [4.78, 5) is 13.5. The Morgan fingerprint density at radius 2 is 2.06 bits per heavy atom. The molecule has 1 aliphatic rings. The Morgan fingerprint density at radius 1 is 1.39 bits per heavy atom. The Morgan fingerprint density at radius 3 is 2.56 bits per heavy atom. The quantitative estimate of drug-likeness (QED) is 0.725. The van der Waals surface area contributed by atoms with E-state index in [1.807, 2.05) is 0 Å². The summed E-state index contributed by atoms with van der Waals surface area (Å²) >= 11 is 0. The van der Waals surface area contributed by atoms with Crippen LogP contribution in [0.3, 0.4) is 0 Å². The van der Waals surface area contributed by atoms with Gasteiger partial charge in [0.1, 0.15) is 0 Å². The first-order valence-corrected chi connectivity index (χ1v) is 7.15. The normalized spacial score (nSPS) is 19.9. The average molecular weight is 257 g/mol. The summed E-state index contributed by atoms with van der Waals surface area (Å²) in [6, 6.07) is 0. The van der Waals surface area contributed by atoms with Crippen molar-refractivity contribution in [1.82, 2.24) is 4.90 Å². The van der Waals surface area contributed by atoms with E-state index >= 15 is 0 Å². The van der Waals surface area contributed by atoms with Gasteiger partial charge in [-0.15, -0.1) is 0 Å². The van der Waals surface area contributed by atoms with Crippen molar-refractivity contribution in [2.45, 2.75) is 51.6 Å². The third kappa shape index (κ3) is 5.36. The van der Waals surface area contributed by atoms with Gasteiger partial charge < -0.3 is 14.7 Å². The first-order chi connectivity index (χ1) is 8.67.